The molecule has 0 saturated heterocycles. The fourth-order valence-electron chi connectivity index (χ4n) is 0.797. The number of aromatic nitrogens is 1. The van der Waals surface area contributed by atoms with Crippen LogP contribution in [0.3, 0.4) is 0 Å². The highest BCUT2D eigenvalue weighted by molar-refractivity contribution is 5.77. The molecule has 0 aliphatic rings. The summed E-state index contributed by atoms with van der Waals surface area (Å²) in [5.41, 5.74) is 0. The van der Waals surface area contributed by atoms with Gasteiger partial charge in [-0.15, -0.1) is 6.42 Å². The van der Waals surface area contributed by atoms with Gasteiger partial charge in [0.1, 0.15) is 5.75 Å². The van der Waals surface area contributed by atoms with Crippen LogP contribution in [0.4, 0.5) is 4.39 Å². The molecule has 0 aliphatic heterocycles. The Labute approximate surface area is 86.5 Å². The molecule has 0 fully saturated rings. The van der Waals surface area contributed by atoms with Gasteiger partial charge in [0.05, 0.1) is 12.7 Å². The SMILES string of the molecule is C#CCNC(=O)COc1ccc(F)nc1. The van der Waals surface area contributed by atoms with Gasteiger partial charge in [0.15, 0.2) is 6.61 Å². The van der Waals surface area contributed by atoms with E-state index in [-0.39, 0.29) is 19.1 Å². The largest absolute Gasteiger partial charge is 0.482 e. The molecule has 1 aromatic heterocycles. The first-order chi connectivity index (χ1) is 7.22. The van der Waals surface area contributed by atoms with Gasteiger partial charge in [-0.2, -0.15) is 4.39 Å². The molecule has 15 heavy (non-hydrogen) atoms. The number of halogens is 1. The molecule has 1 amide bonds. The minimum atomic E-state index is -0.598. The number of carbonyl (C=O) groups excluding carboxylic acids is 1. The smallest absolute Gasteiger partial charge is 0.258 e. The molecule has 0 spiro atoms. The Morgan fingerprint density at radius 1 is 1.67 bits per heavy atom. The molecule has 1 heterocycles. The molecular formula is C10H9FN2O2. The standard InChI is InChI=1S/C10H9FN2O2/c1-2-5-12-10(14)7-15-8-3-4-9(11)13-6-8/h1,3-4,6H,5,7H2,(H,12,14). The van der Waals surface area contributed by atoms with E-state index >= 15 is 0 Å². The van der Waals surface area contributed by atoms with E-state index in [2.05, 4.69) is 16.2 Å². The maximum atomic E-state index is 12.4. The highest BCUT2D eigenvalue weighted by atomic mass is 19.1. The van der Waals surface area contributed by atoms with Gasteiger partial charge in [-0.1, -0.05) is 5.92 Å². The van der Waals surface area contributed by atoms with Crippen LogP contribution in [-0.2, 0) is 4.79 Å². The molecule has 0 aromatic carbocycles. The second kappa shape index (κ2) is 5.60. The highest BCUT2D eigenvalue weighted by Crippen LogP contribution is 2.07. The summed E-state index contributed by atoms with van der Waals surface area (Å²) < 4.78 is 17.4. The molecule has 0 atom stereocenters. The number of terminal acetylenes is 1. The van der Waals surface area contributed by atoms with Crippen LogP contribution in [0.15, 0.2) is 18.3 Å². The number of nitrogens with zero attached hydrogens (tertiary/aromatic N) is 1. The van der Waals surface area contributed by atoms with E-state index in [9.17, 15) is 9.18 Å². The van der Waals surface area contributed by atoms with Crippen molar-refractivity contribution < 1.29 is 13.9 Å². The predicted octanol–water partition coefficient (Wildman–Crippen LogP) is 0.349. The van der Waals surface area contributed by atoms with Gasteiger partial charge in [0.25, 0.3) is 5.91 Å². The Kier molecular flexibility index (Phi) is 4.10. The first-order valence-electron chi connectivity index (χ1n) is 4.17. The Morgan fingerprint density at radius 3 is 3.07 bits per heavy atom. The van der Waals surface area contributed by atoms with E-state index in [4.69, 9.17) is 11.2 Å². The number of nitrogens with one attached hydrogen (secondary N) is 1. The number of amides is 1. The van der Waals surface area contributed by atoms with Crippen molar-refractivity contribution in [3.63, 3.8) is 0 Å². The number of ether oxygens (including phenoxy) is 1. The first kappa shape index (κ1) is 11.0. The number of rotatable bonds is 4. The highest BCUT2D eigenvalue weighted by Gasteiger charge is 2.01. The summed E-state index contributed by atoms with van der Waals surface area (Å²) in [6.07, 6.45) is 6.14. The second-order valence-electron chi connectivity index (χ2n) is 2.59. The monoisotopic (exact) mass is 208 g/mol. The van der Waals surface area contributed by atoms with Crippen LogP contribution in [0.25, 0.3) is 0 Å². The molecule has 1 N–H and O–H groups in total. The van der Waals surface area contributed by atoms with Crippen molar-refractivity contribution in [1.82, 2.24) is 10.3 Å². The van der Waals surface area contributed by atoms with E-state index in [1.807, 2.05) is 0 Å². The van der Waals surface area contributed by atoms with E-state index < -0.39 is 5.95 Å². The third-order valence-corrected chi connectivity index (χ3v) is 1.46. The zero-order chi connectivity index (χ0) is 11.1. The molecule has 0 bridgehead atoms. The molecule has 0 aliphatic carbocycles. The number of hydrogen-bond acceptors (Lipinski definition) is 3. The van der Waals surface area contributed by atoms with Crippen molar-refractivity contribution in [1.29, 1.82) is 0 Å². The zero-order valence-electron chi connectivity index (χ0n) is 7.87. The fraction of sp³-hybridized carbons (Fsp3) is 0.200. The second-order valence-corrected chi connectivity index (χ2v) is 2.59. The summed E-state index contributed by atoms with van der Waals surface area (Å²) in [4.78, 5) is 14.4. The maximum absolute atomic E-state index is 12.4. The van der Waals surface area contributed by atoms with Crippen molar-refractivity contribution in [3.05, 3.63) is 24.3 Å². The summed E-state index contributed by atoms with van der Waals surface area (Å²) in [6.45, 7) is -0.0150. The van der Waals surface area contributed by atoms with Gasteiger partial charge in [0.2, 0.25) is 5.95 Å². The summed E-state index contributed by atoms with van der Waals surface area (Å²) in [7, 11) is 0. The summed E-state index contributed by atoms with van der Waals surface area (Å²) in [6, 6.07) is 2.53. The van der Waals surface area contributed by atoms with Gasteiger partial charge < -0.3 is 10.1 Å². The van der Waals surface area contributed by atoms with Crippen LogP contribution in [0.2, 0.25) is 0 Å². The number of carbonyl (C=O) groups is 1. The van der Waals surface area contributed by atoms with Crippen LogP contribution in [0, 0.1) is 18.3 Å². The maximum Gasteiger partial charge on any atom is 0.258 e. The van der Waals surface area contributed by atoms with Gasteiger partial charge in [-0.25, -0.2) is 4.98 Å². The van der Waals surface area contributed by atoms with Gasteiger partial charge in [0, 0.05) is 0 Å². The Bertz CT molecular complexity index is 370. The molecule has 0 radical (unpaired) electrons. The van der Waals surface area contributed by atoms with Crippen LogP contribution in [0.5, 0.6) is 5.75 Å². The Hall–Kier alpha value is -2.09. The molecule has 0 unspecified atom stereocenters. The molecule has 4 nitrogen and oxygen atoms in total. The van der Waals surface area contributed by atoms with Gasteiger partial charge in [-0.05, 0) is 12.1 Å². The van der Waals surface area contributed by atoms with Crippen molar-refractivity contribution in [2.24, 2.45) is 0 Å². The fourth-order valence-corrected chi connectivity index (χ4v) is 0.797. The normalized spacial score (nSPS) is 9.07. The van der Waals surface area contributed by atoms with Crippen molar-refractivity contribution in [3.8, 4) is 18.1 Å². The topological polar surface area (TPSA) is 51.2 Å². The summed E-state index contributed by atoms with van der Waals surface area (Å²) in [5.74, 6) is 1.65. The van der Waals surface area contributed by atoms with Crippen molar-refractivity contribution in [2.45, 2.75) is 0 Å². The van der Waals surface area contributed by atoms with E-state index in [0.29, 0.717) is 5.75 Å². The van der Waals surface area contributed by atoms with E-state index in [1.165, 1.54) is 12.3 Å². The Morgan fingerprint density at radius 2 is 2.47 bits per heavy atom. The summed E-state index contributed by atoms with van der Waals surface area (Å²) >= 11 is 0. The third-order valence-electron chi connectivity index (χ3n) is 1.46. The molecule has 5 heteroatoms. The zero-order valence-corrected chi connectivity index (χ0v) is 7.87. The molecule has 1 rings (SSSR count). The average Bonchev–Trinajstić information content (AvgIpc) is 2.25. The minimum Gasteiger partial charge on any atom is -0.482 e. The van der Waals surface area contributed by atoms with Gasteiger partial charge >= 0.3 is 0 Å². The first-order valence-corrected chi connectivity index (χ1v) is 4.17. The van der Waals surface area contributed by atoms with Crippen molar-refractivity contribution in [2.75, 3.05) is 13.2 Å². The molecule has 78 valence electrons. The molecule has 0 saturated carbocycles. The van der Waals surface area contributed by atoms with Crippen molar-refractivity contribution >= 4 is 5.91 Å². The lowest BCUT2D eigenvalue weighted by Gasteiger charge is -2.04. The lowest BCUT2D eigenvalue weighted by atomic mass is 10.4. The lowest BCUT2D eigenvalue weighted by molar-refractivity contribution is -0.122. The van der Waals surface area contributed by atoms with Crippen LogP contribution in [-0.4, -0.2) is 24.0 Å². The van der Waals surface area contributed by atoms with Gasteiger partial charge in [-0.3, -0.25) is 4.79 Å². The predicted molar refractivity (Wildman–Crippen MR) is 51.5 cm³/mol. The van der Waals surface area contributed by atoms with E-state index in [1.54, 1.807) is 0 Å². The van der Waals surface area contributed by atoms with E-state index in [0.717, 1.165) is 6.07 Å². The number of pyridine rings is 1. The summed E-state index contributed by atoms with van der Waals surface area (Å²) in [5, 5.41) is 2.42. The minimum absolute atomic E-state index is 0.157. The van der Waals surface area contributed by atoms with Crippen LogP contribution in [0.1, 0.15) is 0 Å². The lowest BCUT2D eigenvalue weighted by Crippen LogP contribution is -2.29. The quantitative estimate of drug-likeness (QED) is 0.573. The average molecular weight is 208 g/mol. The van der Waals surface area contributed by atoms with Crippen LogP contribution >= 0.6 is 0 Å². The van der Waals surface area contributed by atoms with Crippen LogP contribution < -0.4 is 10.1 Å². The number of hydrogen-bond donors (Lipinski definition) is 1. The molecular weight excluding hydrogens is 199 g/mol. The molecule has 1 aromatic rings. The third kappa shape index (κ3) is 4.09. The Balaban J connectivity index is 2.34.